The smallest absolute Gasteiger partial charge is 0.313 e. The van der Waals surface area contributed by atoms with E-state index in [0.717, 1.165) is 36.3 Å². The zero-order chi connectivity index (χ0) is 19.1. The fraction of sp³-hybridized carbons (Fsp3) is 0.435. The highest BCUT2D eigenvalue weighted by atomic mass is 16.6. The molecule has 0 aromatic heterocycles. The Morgan fingerprint density at radius 3 is 2.37 bits per heavy atom. The summed E-state index contributed by atoms with van der Waals surface area (Å²) in [7, 11) is 0. The number of unbranched alkanes of at least 4 members (excludes halogenated alkanes) is 3. The minimum Gasteiger partial charge on any atom is -0.461 e. The minimum atomic E-state index is -0.646. The van der Waals surface area contributed by atoms with Crippen molar-refractivity contribution >= 4 is 5.97 Å². The third-order valence-electron chi connectivity index (χ3n) is 5.09. The van der Waals surface area contributed by atoms with Gasteiger partial charge in [0.05, 0.1) is 12.0 Å². The van der Waals surface area contributed by atoms with Crippen molar-refractivity contribution in [1.29, 1.82) is 0 Å². The molecule has 27 heavy (non-hydrogen) atoms. The third kappa shape index (κ3) is 5.33. The second kappa shape index (κ2) is 9.56. The predicted octanol–water partition coefficient (Wildman–Crippen LogP) is 5.41. The first kappa shape index (κ1) is 19.4. The normalized spacial score (nSPS) is 19.9. The van der Waals surface area contributed by atoms with Gasteiger partial charge < -0.3 is 14.6 Å². The Bertz CT molecular complexity index is 711. The SMILES string of the molecule is CCCCCC[C@@H]1C(=O)O[C@H]1CC(O)c1ccc(Oc2ccccc2)cc1. The van der Waals surface area contributed by atoms with Crippen LogP contribution < -0.4 is 4.74 Å². The Hall–Kier alpha value is -2.33. The fourth-order valence-corrected chi connectivity index (χ4v) is 3.44. The molecule has 1 fully saturated rings. The van der Waals surface area contributed by atoms with Crippen LogP contribution in [0.25, 0.3) is 0 Å². The molecule has 1 aliphatic rings. The first-order valence-electron chi connectivity index (χ1n) is 9.88. The molecule has 2 aromatic carbocycles. The van der Waals surface area contributed by atoms with Gasteiger partial charge in [-0.3, -0.25) is 4.79 Å². The number of esters is 1. The first-order chi connectivity index (χ1) is 13.2. The summed E-state index contributed by atoms with van der Waals surface area (Å²) in [6.45, 7) is 2.17. The van der Waals surface area contributed by atoms with Crippen LogP contribution in [0.1, 0.15) is 57.1 Å². The van der Waals surface area contributed by atoms with Gasteiger partial charge in [0.2, 0.25) is 0 Å². The van der Waals surface area contributed by atoms with Crippen LogP contribution in [-0.2, 0) is 9.53 Å². The van der Waals surface area contributed by atoms with Gasteiger partial charge >= 0.3 is 5.97 Å². The van der Waals surface area contributed by atoms with Gasteiger partial charge in [-0.25, -0.2) is 0 Å². The number of benzene rings is 2. The molecule has 0 bridgehead atoms. The van der Waals surface area contributed by atoms with Gasteiger partial charge in [0, 0.05) is 6.42 Å². The lowest BCUT2D eigenvalue weighted by atomic mass is 9.86. The molecule has 0 aliphatic carbocycles. The van der Waals surface area contributed by atoms with Crippen LogP contribution in [0.5, 0.6) is 11.5 Å². The van der Waals surface area contributed by atoms with Crippen LogP contribution in [0.2, 0.25) is 0 Å². The Morgan fingerprint density at radius 2 is 1.70 bits per heavy atom. The monoisotopic (exact) mass is 368 g/mol. The number of hydrogen-bond acceptors (Lipinski definition) is 4. The van der Waals surface area contributed by atoms with E-state index in [1.54, 1.807) is 0 Å². The Morgan fingerprint density at radius 1 is 1.00 bits per heavy atom. The first-order valence-corrected chi connectivity index (χ1v) is 9.88. The van der Waals surface area contributed by atoms with Crippen molar-refractivity contribution in [2.24, 2.45) is 5.92 Å². The summed E-state index contributed by atoms with van der Waals surface area (Å²) in [6.07, 6.45) is 5.07. The van der Waals surface area contributed by atoms with Crippen molar-refractivity contribution in [2.45, 2.75) is 57.7 Å². The van der Waals surface area contributed by atoms with Crippen molar-refractivity contribution < 1.29 is 19.4 Å². The lowest BCUT2D eigenvalue weighted by molar-refractivity contribution is -0.188. The highest BCUT2D eigenvalue weighted by Crippen LogP contribution is 2.34. The Labute approximate surface area is 161 Å². The number of hydrogen-bond donors (Lipinski definition) is 1. The lowest BCUT2D eigenvalue weighted by Crippen LogP contribution is -2.45. The molecule has 1 unspecified atom stereocenters. The topological polar surface area (TPSA) is 55.8 Å². The van der Waals surface area contributed by atoms with Crippen LogP contribution in [0, 0.1) is 5.92 Å². The van der Waals surface area contributed by atoms with Crippen molar-refractivity contribution in [2.75, 3.05) is 0 Å². The zero-order valence-electron chi connectivity index (χ0n) is 15.8. The van der Waals surface area contributed by atoms with Gasteiger partial charge in [0.15, 0.2) is 0 Å². The predicted molar refractivity (Wildman–Crippen MR) is 105 cm³/mol. The molecule has 0 amide bonds. The molecule has 3 rings (SSSR count). The minimum absolute atomic E-state index is 0.0582. The largest absolute Gasteiger partial charge is 0.461 e. The van der Waals surface area contributed by atoms with Gasteiger partial charge in [0.25, 0.3) is 0 Å². The van der Waals surface area contributed by atoms with Gasteiger partial charge in [-0.1, -0.05) is 62.9 Å². The van der Waals surface area contributed by atoms with E-state index in [9.17, 15) is 9.90 Å². The molecular formula is C23H28O4. The summed E-state index contributed by atoms with van der Waals surface area (Å²) in [6, 6.07) is 17.0. The standard InChI is InChI=1S/C23H28O4/c1-2-3-4-8-11-20-22(27-23(20)25)16-21(24)17-12-14-19(15-13-17)26-18-9-6-5-7-10-18/h5-7,9-10,12-15,20-22,24H,2-4,8,11,16H2,1H3/t20-,21?,22-/m0/s1. The summed E-state index contributed by atoms with van der Waals surface area (Å²) >= 11 is 0. The maximum Gasteiger partial charge on any atom is 0.313 e. The van der Waals surface area contributed by atoms with E-state index < -0.39 is 6.10 Å². The van der Waals surface area contributed by atoms with Crippen LogP contribution in [0.4, 0.5) is 0 Å². The number of para-hydroxylation sites is 1. The second-order valence-corrected chi connectivity index (χ2v) is 7.17. The zero-order valence-corrected chi connectivity index (χ0v) is 15.8. The molecule has 1 aliphatic heterocycles. The maximum absolute atomic E-state index is 11.7. The average Bonchev–Trinajstić information content (AvgIpc) is 2.68. The van der Waals surface area contributed by atoms with Crippen molar-refractivity contribution in [3.63, 3.8) is 0 Å². The second-order valence-electron chi connectivity index (χ2n) is 7.17. The van der Waals surface area contributed by atoms with E-state index in [1.165, 1.54) is 12.8 Å². The van der Waals surface area contributed by atoms with E-state index in [2.05, 4.69) is 6.92 Å². The summed E-state index contributed by atoms with van der Waals surface area (Å²) in [5, 5.41) is 10.5. The lowest BCUT2D eigenvalue weighted by Gasteiger charge is -2.36. The molecule has 1 N–H and O–H groups in total. The van der Waals surface area contributed by atoms with Gasteiger partial charge in [0.1, 0.15) is 17.6 Å². The molecule has 3 atom stereocenters. The van der Waals surface area contributed by atoms with E-state index >= 15 is 0 Å². The van der Waals surface area contributed by atoms with Crippen molar-refractivity contribution in [1.82, 2.24) is 0 Å². The van der Waals surface area contributed by atoms with E-state index in [-0.39, 0.29) is 18.0 Å². The molecule has 4 nitrogen and oxygen atoms in total. The number of cyclic esters (lactones) is 1. The molecule has 1 heterocycles. The molecule has 4 heteroatoms. The van der Waals surface area contributed by atoms with Gasteiger partial charge in [-0.05, 0) is 36.2 Å². The Balaban J connectivity index is 1.50. The van der Waals surface area contributed by atoms with E-state index in [4.69, 9.17) is 9.47 Å². The van der Waals surface area contributed by atoms with Crippen LogP contribution in [0.3, 0.4) is 0 Å². The van der Waals surface area contributed by atoms with E-state index in [0.29, 0.717) is 6.42 Å². The number of aliphatic hydroxyl groups is 1. The molecule has 1 saturated heterocycles. The van der Waals surface area contributed by atoms with Crippen LogP contribution in [0.15, 0.2) is 54.6 Å². The fourth-order valence-electron chi connectivity index (χ4n) is 3.44. The van der Waals surface area contributed by atoms with E-state index in [1.807, 2.05) is 54.6 Å². The van der Waals surface area contributed by atoms with Crippen LogP contribution >= 0.6 is 0 Å². The van der Waals surface area contributed by atoms with Crippen LogP contribution in [-0.4, -0.2) is 17.2 Å². The summed E-state index contributed by atoms with van der Waals surface area (Å²) in [5.41, 5.74) is 0.808. The summed E-state index contributed by atoms with van der Waals surface area (Å²) < 4.78 is 11.1. The molecule has 0 radical (unpaired) electrons. The number of carbonyl (C=O) groups excluding carboxylic acids is 1. The molecule has 0 spiro atoms. The number of aliphatic hydroxyl groups excluding tert-OH is 1. The molecule has 0 saturated carbocycles. The van der Waals surface area contributed by atoms with Crippen molar-refractivity contribution in [3.8, 4) is 11.5 Å². The molecule has 144 valence electrons. The number of carbonyl (C=O) groups is 1. The Kier molecular flexibility index (Phi) is 6.88. The van der Waals surface area contributed by atoms with Gasteiger partial charge in [-0.2, -0.15) is 0 Å². The highest BCUT2D eigenvalue weighted by molar-refractivity contribution is 5.78. The summed E-state index contributed by atoms with van der Waals surface area (Å²) in [5.74, 6) is 1.33. The summed E-state index contributed by atoms with van der Waals surface area (Å²) in [4.78, 5) is 11.7. The number of ether oxygens (including phenoxy) is 2. The quantitative estimate of drug-likeness (QED) is 0.450. The third-order valence-corrected chi connectivity index (χ3v) is 5.09. The average molecular weight is 368 g/mol. The number of rotatable bonds is 10. The van der Waals surface area contributed by atoms with Crippen molar-refractivity contribution in [3.05, 3.63) is 60.2 Å². The highest BCUT2D eigenvalue weighted by Gasteiger charge is 2.42. The van der Waals surface area contributed by atoms with Gasteiger partial charge in [-0.15, -0.1) is 0 Å². The molecule has 2 aromatic rings. The maximum atomic E-state index is 11.7. The molecular weight excluding hydrogens is 340 g/mol.